The van der Waals surface area contributed by atoms with E-state index in [1.165, 1.54) is 0 Å². The lowest BCUT2D eigenvalue weighted by Gasteiger charge is -2.43. The molecule has 1 heterocycles. The topological polar surface area (TPSA) is 121 Å². The van der Waals surface area contributed by atoms with Crippen molar-refractivity contribution >= 4 is 24.3 Å². The van der Waals surface area contributed by atoms with Crippen LogP contribution in [0.1, 0.15) is 38.0 Å². The number of rotatable bonds is 8. The highest BCUT2D eigenvalue weighted by Crippen LogP contribution is 2.30. The van der Waals surface area contributed by atoms with Crippen molar-refractivity contribution in [3.8, 4) is 0 Å². The standard InChI is InChI=1S/C28H25NO8/c1-18-22(35-25(30)19-11-5-2-6-12-19)23(36-26(31)20-13-7-3-8-14-20)24(28(34-18)33-17-29)37-27(32)21-15-9-4-10-16-21/h2-18,22-24,28-29H,1H3/t18-,22?,23?,24-,28?/m0/s1. The van der Waals surface area contributed by atoms with Gasteiger partial charge in [-0.2, -0.15) is 0 Å². The van der Waals surface area contributed by atoms with Gasteiger partial charge in [0.1, 0.15) is 0 Å². The first-order valence-electron chi connectivity index (χ1n) is 11.6. The monoisotopic (exact) mass is 503 g/mol. The van der Waals surface area contributed by atoms with Crippen molar-refractivity contribution in [2.24, 2.45) is 0 Å². The van der Waals surface area contributed by atoms with Crippen molar-refractivity contribution in [3.05, 3.63) is 108 Å². The SMILES string of the molecule is C[C@@H]1OC(OC=N)[C@@H](OC(=O)c2ccccc2)C(OC(=O)c2ccccc2)C1OC(=O)c1ccccc1. The van der Waals surface area contributed by atoms with Crippen LogP contribution in [-0.2, 0) is 23.7 Å². The average Bonchev–Trinajstić information content (AvgIpc) is 2.94. The molecular weight excluding hydrogens is 478 g/mol. The molecule has 1 aliphatic heterocycles. The molecule has 9 heteroatoms. The van der Waals surface area contributed by atoms with Gasteiger partial charge in [-0.05, 0) is 43.3 Å². The first-order chi connectivity index (χ1) is 18.0. The average molecular weight is 504 g/mol. The molecule has 0 aliphatic carbocycles. The minimum atomic E-state index is -1.37. The second kappa shape index (κ2) is 12.0. The van der Waals surface area contributed by atoms with Gasteiger partial charge in [-0.3, -0.25) is 5.41 Å². The maximum Gasteiger partial charge on any atom is 0.338 e. The molecule has 0 bridgehead atoms. The number of hydrogen-bond acceptors (Lipinski definition) is 9. The van der Waals surface area contributed by atoms with E-state index >= 15 is 0 Å². The van der Waals surface area contributed by atoms with Crippen LogP contribution in [0, 0.1) is 5.41 Å². The van der Waals surface area contributed by atoms with E-state index < -0.39 is 48.6 Å². The van der Waals surface area contributed by atoms with E-state index in [-0.39, 0.29) is 16.7 Å². The van der Waals surface area contributed by atoms with E-state index in [0.29, 0.717) is 6.40 Å². The fourth-order valence-corrected chi connectivity index (χ4v) is 3.87. The van der Waals surface area contributed by atoms with Gasteiger partial charge >= 0.3 is 17.9 Å². The molecule has 0 spiro atoms. The van der Waals surface area contributed by atoms with E-state index in [2.05, 4.69) is 0 Å². The third-order valence-corrected chi connectivity index (χ3v) is 5.69. The summed E-state index contributed by atoms with van der Waals surface area (Å²) < 4.78 is 28.3. The van der Waals surface area contributed by atoms with Gasteiger partial charge in [0.05, 0.1) is 22.8 Å². The highest BCUT2D eigenvalue weighted by molar-refractivity contribution is 5.91. The van der Waals surface area contributed by atoms with Crippen molar-refractivity contribution in [1.29, 1.82) is 5.41 Å². The molecular formula is C28H25NO8. The van der Waals surface area contributed by atoms with Crippen LogP contribution in [0.3, 0.4) is 0 Å². The zero-order valence-corrected chi connectivity index (χ0v) is 19.9. The van der Waals surface area contributed by atoms with Crippen LogP contribution in [0.2, 0.25) is 0 Å². The first-order valence-corrected chi connectivity index (χ1v) is 11.6. The third kappa shape index (κ3) is 6.20. The minimum absolute atomic E-state index is 0.237. The Balaban J connectivity index is 1.68. The van der Waals surface area contributed by atoms with Crippen molar-refractivity contribution in [2.75, 3.05) is 0 Å². The summed E-state index contributed by atoms with van der Waals surface area (Å²) in [5, 5.41) is 7.40. The van der Waals surface area contributed by atoms with Crippen LogP contribution >= 0.6 is 0 Å². The molecule has 0 saturated carbocycles. The van der Waals surface area contributed by atoms with E-state index in [9.17, 15) is 14.4 Å². The molecule has 1 N–H and O–H groups in total. The number of carbonyl (C=O) groups excluding carboxylic acids is 3. The summed E-state index contributed by atoms with van der Waals surface area (Å²) in [6.45, 7) is 1.60. The minimum Gasteiger partial charge on any atom is -0.452 e. The molecule has 0 radical (unpaired) electrons. The van der Waals surface area contributed by atoms with Crippen LogP contribution < -0.4 is 0 Å². The molecule has 37 heavy (non-hydrogen) atoms. The van der Waals surface area contributed by atoms with Gasteiger partial charge in [-0.25, -0.2) is 14.4 Å². The molecule has 9 nitrogen and oxygen atoms in total. The lowest BCUT2D eigenvalue weighted by molar-refractivity contribution is -0.269. The lowest BCUT2D eigenvalue weighted by Crippen LogP contribution is -2.61. The Labute approximate surface area is 213 Å². The fraction of sp³-hybridized carbons (Fsp3) is 0.214. The molecule has 0 amide bonds. The summed E-state index contributed by atoms with van der Waals surface area (Å²) in [4.78, 5) is 38.9. The second-order valence-electron chi connectivity index (χ2n) is 8.17. The zero-order valence-electron chi connectivity index (χ0n) is 19.9. The summed E-state index contributed by atoms with van der Waals surface area (Å²) in [5.74, 6) is -2.15. The molecule has 190 valence electrons. The molecule has 3 aromatic carbocycles. The van der Waals surface area contributed by atoms with Gasteiger partial charge in [0.2, 0.25) is 12.4 Å². The molecule has 3 aromatic rings. The maximum atomic E-state index is 13.1. The van der Waals surface area contributed by atoms with Crippen molar-refractivity contribution in [2.45, 2.75) is 37.6 Å². The van der Waals surface area contributed by atoms with Crippen LogP contribution in [0.5, 0.6) is 0 Å². The molecule has 1 fully saturated rings. The van der Waals surface area contributed by atoms with Crippen LogP contribution in [0.4, 0.5) is 0 Å². The van der Waals surface area contributed by atoms with Crippen molar-refractivity contribution in [1.82, 2.24) is 0 Å². The number of nitrogens with one attached hydrogen (secondary N) is 1. The van der Waals surface area contributed by atoms with E-state index in [0.717, 1.165) is 0 Å². The molecule has 1 saturated heterocycles. The van der Waals surface area contributed by atoms with Gasteiger partial charge in [-0.1, -0.05) is 54.6 Å². The summed E-state index contributed by atoms with van der Waals surface area (Å²) in [6.07, 6.45) is -5.38. The third-order valence-electron chi connectivity index (χ3n) is 5.69. The summed E-state index contributed by atoms with van der Waals surface area (Å²) in [5.41, 5.74) is 0.756. The fourth-order valence-electron chi connectivity index (χ4n) is 3.87. The second-order valence-corrected chi connectivity index (χ2v) is 8.17. The summed E-state index contributed by atoms with van der Waals surface area (Å²) >= 11 is 0. The molecule has 0 aromatic heterocycles. The van der Waals surface area contributed by atoms with Crippen molar-refractivity contribution in [3.63, 3.8) is 0 Å². The summed E-state index contributed by atoms with van der Waals surface area (Å²) in [6, 6.07) is 24.7. The number of ether oxygens (including phenoxy) is 5. The van der Waals surface area contributed by atoms with Crippen molar-refractivity contribution < 1.29 is 38.1 Å². The van der Waals surface area contributed by atoms with Gasteiger partial charge in [0.25, 0.3) is 0 Å². The maximum absolute atomic E-state index is 13.1. The Hall–Kier alpha value is -4.50. The Morgan fingerprint density at radius 1 is 0.649 bits per heavy atom. The molecule has 4 rings (SSSR count). The zero-order chi connectivity index (χ0) is 26.2. The first kappa shape index (κ1) is 25.6. The quantitative estimate of drug-likeness (QED) is 0.212. The number of benzene rings is 3. The van der Waals surface area contributed by atoms with Gasteiger partial charge < -0.3 is 23.7 Å². The predicted molar refractivity (Wildman–Crippen MR) is 131 cm³/mol. The number of hydrogen-bond donors (Lipinski definition) is 1. The Kier molecular flexibility index (Phi) is 8.27. The molecule has 5 atom stereocenters. The van der Waals surface area contributed by atoms with Crippen LogP contribution in [0.25, 0.3) is 0 Å². The largest absolute Gasteiger partial charge is 0.452 e. The number of carbonyl (C=O) groups is 3. The van der Waals surface area contributed by atoms with Gasteiger partial charge in [0, 0.05) is 0 Å². The number of esters is 3. The Bertz CT molecular complexity index is 1220. The molecule has 1 aliphatic rings. The van der Waals surface area contributed by atoms with E-state index in [1.54, 1.807) is 97.9 Å². The van der Waals surface area contributed by atoms with E-state index in [4.69, 9.17) is 29.1 Å². The van der Waals surface area contributed by atoms with Crippen LogP contribution in [-0.4, -0.2) is 55.0 Å². The van der Waals surface area contributed by atoms with Gasteiger partial charge in [-0.15, -0.1) is 0 Å². The lowest BCUT2D eigenvalue weighted by atomic mass is 9.98. The smallest absolute Gasteiger partial charge is 0.338 e. The summed E-state index contributed by atoms with van der Waals surface area (Å²) in [7, 11) is 0. The molecule has 3 unspecified atom stereocenters. The normalized spacial score (nSPS) is 22.8. The predicted octanol–water partition coefficient (Wildman–Crippen LogP) is 4.03. The van der Waals surface area contributed by atoms with Crippen LogP contribution in [0.15, 0.2) is 91.0 Å². The Morgan fingerprint density at radius 3 is 1.43 bits per heavy atom. The highest BCUT2D eigenvalue weighted by Gasteiger charge is 2.52. The Morgan fingerprint density at radius 2 is 1.03 bits per heavy atom. The van der Waals surface area contributed by atoms with E-state index in [1.807, 2.05) is 0 Å². The highest BCUT2D eigenvalue weighted by atomic mass is 16.7. The van der Waals surface area contributed by atoms with Gasteiger partial charge in [0.15, 0.2) is 18.6 Å².